The first kappa shape index (κ1) is 16.4. The van der Waals surface area contributed by atoms with Crippen molar-refractivity contribution in [2.45, 2.75) is 26.7 Å². The Hall–Kier alpha value is -1.70. The molecule has 1 rings (SSSR count). The van der Waals surface area contributed by atoms with Crippen LogP contribution < -0.4 is 5.32 Å². The Labute approximate surface area is 125 Å². The first-order valence-corrected chi connectivity index (χ1v) is 6.95. The van der Waals surface area contributed by atoms with E-state index in [1.807, 2.05) is 0 Å². The van der Waals surface area contributed by atoms with Crippen LogP contribution in [0.4, 0.5) is 11.5 Å². The van der Waals surface area contributed by atoms with E-state index in [1.54, 1.807) is 13.8 Å². The van der Waals surface area contributed by atoms with Crippen LogP contribution in [0.3, 0.4) is 0 Å². The van der Waals surface area contributed by atoms with E-state index in [1.165, 1.54) is 6.20 Å². The van der Waals surface area contributed by atoms with E-state index in [4.69, 9.17) is 4.74 Å². The fourth-order valence-electron chi connectivity index (χ4n) is 1.55. The molecule has 0 unspecified atom stereocenters. The molecule has 0 spiro atoms. The van der Waals surface area contributed by atoms with Crippen molar-refractivity contribution in [2.75, 3.05) is 18.5 Å². The first-order valence-electron chi connectivity index (χ1n) is 6.16. The Morgan fingerprint density at radius 1 is 1.60 bits per heavy atom. The van der Waals surface area contributed by atoms with Gasteiger partial charge in [-0.1, -0.05) is 0 Å². The van der Waals surface area contributed by atoms with Crippen molar-refractivity contribution in [2.24, 2.45) is 0 Å². The average molecular weight is 346 g/mol. The van der Waals surface area contributed by atoms with E-state index in [0.29, 0.717) is 41.8 Å². The van der Waals surface area contributed by atoms with Gasteiger partial charge >= 0.3 is 5.97 Å². The topological polar surface area (TPSA) is 94.4 Å². The summed E-state index contributed by atoms with van der Waals surface area (Å²) in [4.78, 5) is 25.4. The monoisotopic (exact) mass is 345 g/mol. The van der Waals surface area contributed by atoms with Gasteiger partial charge in [0.1, 0.15) is 12.0 Å². The zero-order chi connectivity index (χ0) is 15.1. The van der Waals surface area contributed by atoms with Crippen LogP contribution in [-0.2, 0) is 9.53 Å². The lowest BCUT2D eigenvalue weighted by molar-refractivity contribution is -0.385. The molecule has 0 aliphatic heterocycles. The molecule has 1 aromatic heterocycles. The average Bonchev–Trinajstić information content (AvgIpc) is 2.39. The number of pyridine rings is 1. The number of nitrogens with one attached hydrogen (secondary N) is 1. The smallest absolute Gasteiger partial charge is 0.305 e. The number of rotatable bonds is 7. The second kappa shape index (κ2) is 7.78. The van der Waals surface area contributed by atoms with Crippen molar-refractivity contribution < 1.29 is 14.5 Å². The van der Waals surface area contributed by atoms with E-state index in [9.17, 15) is 14.9 Å². The lowest BCUT2D eigenvalue weighted by atomic mass is 10.2. The Morgan fingerprint density at radius 2 is 2.30 bits per heavy atom. The number of anilines is 1. The molecule has 0 aliphatic carbocycles. The standard InChI is InChI=1S/C12H16BrN3O4/c1-3-20-10(17)5-4-6-14-12-11(13)8(2)9(7-15-12)16(18)19/h7H,3-6H2,1-2H3,(H,14,15). The number of carbonyl (C=O) groups excluding carboxylic acids is 1. The Kier molecular flexibility index (Phi) is 6.37. The molecule has 0 radical (unpaired) electrons. The minimum Gasteiger partial charge on any atom is -0.466 e. The van der Waals surface area contributed by atoms with E-state index in [0.717, 1.165) is 0 Å². The number of nitro groups is 1. The molecule has 1 N–H and O–H groups in total. The predicted molar refractivity (Wildman–Crippen MR) is 77.7 cm³/mol. The molecule has 0 aliphatic rings. The lowest BCUT2D eigenvalue weighted by Crippen LogP contribution is -2.09. The molecule has 20 heavy (non-hydrogen) atoms. The van der Waals surface area contributed by atoms with Crippen molar-refractivity contribution in [3.8, 4) is 0 Å². The van der Waals surface area contributed by atoms with Crippen molar-refractivity contribution in [3.05, 3.63) is 26.3 Å². The summed E-state index contributed by atoms with van der Waals surface area (Å²) >= 11 is 3.28. The largest absolute Gasteiger partial charge is 0.466 e. The molecular weight excluding hydrogens is 330 g/mol. The molecule has 0 bridgehead atoms. The minimum absolute atomic E-state index is 0.0334. The maximum absolute atomic E-state index is 11.1. The van der Waals surface area contributed by atoms with Gasteiger partial charge in [0, 0.05) is 18.5 Å². The second-order valence-corrected chi connectivity index (χ2v) is 4.82. The zero-order valence-corrected chi connectivity index (χ0v) is 12.9. The lowest BCUT2D eigenvalue weighted by Gasteiger charge is -2.09. The van der Waals surface area contributed by atoms with Crippen molar-refractivity contribution >= 4 is 33.4 Å². The van der Waals surface area contributed by atoms with E-state index in [-0.39, 0.29) is 11.7 Å². The van der Waals surface area contributed by atoms with Crippen molar-refractivity contribution in [3.63, 3.8) is 0 Å². The molecule has 1 aromatic rings. The number of aromatic nitrogens is 1. The van der Waals surface area contributed by atoms with Gasteiger partial charge in [-0.2, -0.15) is 0 Å². The third kappa shape index (κ3) is 4.44. The summed E-state index contributed by atoms with van der Waals surface area (Å²) in [5, 5.41) is 13.8. The third-order valence-electron chi connectivity index (χ3n) is 2.59. The molecule has 0 atom stereocenters. The van der Waals surface area contributed by atoms with Gasteiger partial charge in [0.25, 0.3) is 5.69 Å². The van der Waals surface area contributed by atoms with Gasteiger partial charge in [-0.15, -0.1) is 0 Å². The summed E-state index contributed by atoms with van der Waals surface area (Å²) < 4.78 is 5.37. The highest BCUT2D eigenvalue weighted by Gasteiger charge is 2.16. The van der Waals surface area contributed by atoms with E-state index in [2.05, 4.69) is 26.2 Å². The number of carbonyl (C=O) groups is 1. The van der Waals surface area contributed by atoms with E-state index >= 15 is 0 Å². The number of hydrogen-bond donors (Lipinski definition) is 1. The SMILES string of the molecule is CCOC(=O)CCCNc1ncc([N+](=O)[O-])c(C)c1Br. The maximum Gasteiger partial charge on any atom is 0.305 e. The van der Waals surface area contributed by atoms with Crippen LogP contribution in [0.15, 0.2) is 10.7 Å². The highest BCUT2D eigenvalue weighted by molar-refractivity contribution is 9.10. The number of hydrogen-bond acceptors (Lipinski definition) is 6. The third-order valence-corrected chi connectivity index (χ3v) is 3.56. The highest BCUT2D eigenvalue weighted by atomic mass is 79.9. The summed E-state index contributed by atoms with van der Waals surface area (Å²) in [5.41, 5.74) is 0.479. The summed E-state index contributed by atoms with van der Waals surface area (Å²) in [7, 11) is 0. The summed E-state index contributed by atoms with van der Waals surface area (Å²) in [6, 6.07) is 0. The molecule has 0 fully saturated rings. The van der Waals surface area contributed by atoms with Crippen LogP contribution in [0.5, 0.6) is 0 Å². The van der Waals surface area contributed by atoms with Gasteiger partial charge in [-0.05, 0) is 36.2 Å². The number of halogens is 1. The van der Waals surface area contributed by atoms with Crippen LogP contribution >= 0.6 is 15.9 Å². The number of esters is 1. The van der Waals surface area contributed by atoms with Gasteiger partial charge in [-0.25, -0.2) is 4.98 Å². The van der Waals surface area contributed by atoms with Crippen LogP contribution in [0.1, 0.15) is 25.3 Å². The first-order chi connectivity index (χ1) is 9.47. The number of ether oxygens (including phenoxy) is 1. The Balaban J connectivity index is 2.55. The molecule has 110 valence electrons. The van der Waals surface area contributed by atoms with Gasteiger partial charge in [-0.3, -0.25) is 14.9 Å². The maximum atomic E-state index is 11.1. The fraction of sp³-hybridized carbons (Fsp3) is 0.500. The van der Waals surface area contributed by atoms with E-state index < -0.39 is 4.92 Å². The quantitative estimate of drug-likeness (QED) is 0.353. The van der Waals surface area contributed by atoms with Gasteiger partial charge in [0.15, 0.2) is 0 Å². The molecular formula is C12H16BrN3O4. The highest BCUT2D eigenvalue weighted by Crippen LogP contribution is 2.30. The van der Waals surface area contributed by atoms with Gasteiger partial charge in [0.2, 0.25) is 0 Å². The predicted octanol–water partition coefficient (Wildman–Crippen LogP) is 2.82. The van der Waals surface area contributed by atoms with Crippen LogP contribution in [0, 0.1) is 17.0 Å². The van der Waals surface area contributed by atoms with Crippen LogP contribution in [0.25, 0.3) is 0 Å². The normalized spacial score (nSPS) is 10.2. The molecule has 0 amide bonds. The van der Waals surface area contributed by atoms with Gasteiger partial charge in [0.05, 0.1) is 16.0 Å². The molecule has 8 heteroatoms. The summed E-state index contributed by atoms with van der Waals surface area (Å²) in [6.07, 6.45) is 2.14. The molecule has 7 nitrogen and oxygen atoms in total. The van der Waals surface area contributed by atoms with Crippen LogP contribution in [0.2, 0.25) is 0 Å². The summed E-state index contributed by atoms with van der Waals surface area (Å²) in [5.74, 6) is 0.290. The zero-order valence-electron chi connectivity index (χ0n) is 11.3. The molecule has 0 saturated heterocycles. The fourth-order valence-corrected chi connectivity index (χ4v) is 1.99. The van der Waals surface area contributed by atoms with Crippen molar-refractivity contribution in [1.29, 1.82) is 0 Å². The molecule has 0 aromatic carbocycles. The van der Waals surface area contributed by atoms with Crippen LogP contribution in [-0.4, -0.2) is 29.0 Å². The molecule has 1 heterocycles. The van der Waals surface area contributed by atoms with Crippen molar-refractivity contribution in [1.82, 2.24) is 4.98 Å². The Morgan fingerprint density at radius 3 is 2.90 bits per heavy atom. The Bertz CT molecular complexity index is 508. The minimum atomic E-state index is -0.475. The number of nitrogens with zero attached hydrogens (tertiary/aromatic N) is 2. The van der Waals surface area contributed by atoms with Gasteiger partial charge < -0.3 is 10.1 Å². The molecule has 0 saturated carbocycles. The summed E-state index contributed by atoms with van der Waals surface area (Å²) in [6.45, 7) is 4.31. The second-order valence-electron chi connectivity index (χ2n) is 4.02.